The molecule has 0 saturated carbocycles. The highest BCUT2D eigenvalue weighted by Crippen LogP contribution is 2.30. The van der Waals surface area contributed by atoms with E-state index in [9.17, 15) is 13.2 Å². The van der Waals surface area contributed by atoms with Crippen molar-refractivity contribution in [3.63, 3.8) is 0 Å². The van der Waals surface area contributed by atoms with Crippen molar-refractivity contribution in [1.29, 1.82) is 0 Å². The van der Waals surface area contributed by atoms with Crippen LogP contribution in [0.4, 0.5) is 5.69 Å². The molecule has 1 aromatic rings. The third-order valence-corrected chi connectivity index (χ3v) is 3.88. The van der Waals surface area contributed by atoms with Gasteiger partial charge in [0.1, 0.15) is 12.3 Å². The molecule has 0 bridgehead atoms. The number of para-hydroxylation sites is 2. The van der Waals surface area contributed by atoms with E-state index in [0.717, 1.165) is 17.0 Å². The summed E-state index contributed by atoms with van der Waals surface area (Å²) in [6.07, 6.45) is 1.76. The maximum atomic E-state index is 12.1. The first-order valence-electron chi connectivity index (χ1n) is 7.25. The lowest BCUT2D eigenvalue weighted by Crippen LogP contribution is -2.40. The molecule has 0 spiro atoms. The largest absolute Gasteiger partial charge is 0.489 e. The lowest BCUT2D eigenvalue weighted by atomic mass is 10.3. The summed E-state index contributed by atoms with van der Waals surface area (Å²) in [5.74, 6) is 0.0952. The van der Waals surface area contributed by atoms with Crippen LogP contribution in [0.25, 0.3) is 0 Å². The van der Waals surface area contributed by atoms with Crippen molar-refractivity contribution in [2.45, 2.75) is 33.3 Å². The van der Waals surface area contributed by atoms with Gasteiger partial charge in [-0.25, -0.2) is 8.42 Å². The highest BCUT2D eigenvalue weighted by Gasteiger charge is 2.23. The molecule has 0 aliphatic rings. The van der Waals surface area contributed by atoms with Crippen molar-refractivity contribution < 1.29 is 17.9 Å². The van der Waals surface area contributed by atoms with Gasteiger partial charge in [-0.1, -0.05) is 19.1 Å². The molecule has 0 heterocycles. The van der Waals surface area contributed by atoms with Gasteiger partial charge in [0, 0.05) is 6.54 Å². The number of ether oxygens (including phenoxy) is 1. The SMILES string of the molecule is CCCNC(=O)CN(c1ccccc1OC(C)C)S(C)(=O)=O. The molecular weight excluding hydrogens is 304 g/mol. The molecule has 0 aliphatic carbocycles. The topological polar surface area (TPSA) is 75.7 Å². The van der Waals surface area contributed by atoms with Gasteiger partial charge in [-0.3, -0.25) is 9.10 Å². The molecule has 0 saturated heterocycles. The zero-order valence-corrected chi connectivity index (χ0v) is 14.3. The number of hydrogen-bond acceptors (Lipinski definition) is 4. The van der Waals surface area contributed by atoms with Crippen LogP contribution in [0, 0.1) is 0 Å². The van der Waals surface area contributed by atoms with Crippen LogP contribution < -0.4 is 14.4 Å². The van der Waals surface area contributed by atoms with Crippen LogP contribution in [0.15, 0.2) is 24.3 Å². The quantitative estimate of drug-likeness (QED) is 0.789. The molecule has 0 aromatic heterocycles. The second-order valence-corrected chi connectivity index (χ2v) is 7.16. The monoisotopic (exact) mass is 328 g/mol. The average Bonchev–Trinajstić information content (AvgIpc) is 2.41. The second kappa shape index (κ2) is 8.03. The van der Waals surface area contributed by atoms with E-state index < -0.39 is 10.0 Å². The van der Waals surface area contributed by atoms with E-state index in [4.69, 9.17) is 4.74 Å². The van der Waals surface area contributed by atoms with Crippen LogP contribution in [0.1, 0.15) is 27.2 Å². The number of hydrogen-bond donors (Lipinski definition) is 1. The fourth-order valence-corrected chi connectivity index (χ4v) is 2.71. The predicted octanol–water partition coefficient (Wildman–Crippen LogP) is 1.77. The van der Waals surface area contributed by atoms with Gasteiger partial charge in [-0.2, -0.15) is 0 Å². The van der Waals surface area contributed by atoms with E-state index in [-0.39, 0.29) is 18.6 Å². The first-order chi connectivity index (χ1) is 10.3. The number of sulfonamides is 1. The lowest BCUT2D eigenvalue weighted by molar-refractivity contribution is -0.119. The first kappa shape index (κ1) is 18.3. The summed E-state index contributed by atoms with van der Waals surface area (Å²) in [4.78, 5) is 11.9. The molecule has 124 valence electrons. The number of carbonyl (C=O) groups is 1. The smallest absolute Gasteiger partial charge is 0.240 e. The van der Waals surface area contributed by atoms with Crippen LogP contribution in [-0.4, -0.2) is 39.8 Å². The third-order valence-electron chi connectivity index (χ3n) is 2.76. The minimum Gasteiger partial charge on any atom is -0.489 e. The molecule has 6 nitrogen and oxygen atoms in total. The summed E-state index contributed by atoms with van der Waals surface area (Å²) in [6, 6.07) is 6.80. The van der Waals surface area contributed by atoms with Crippen molar-refractivity contribution >= 4 is 21.6 Å². The molecule has 0 atom stereocenters. The summed E-state index contributed by atoms with van der Waals surface area (Å²) in [5, 5.41) is 2.68. The van der Waals surface area contributed by atoms with Gasteiger partial charge in [-0.05, 0) is 32.4 Å². The second-order valence-electron chi connectivity index (χ2n) is 5.25. The van der Waals surface area contributed by atoms with Crippen LogP contribution >= 0.6 is 0 Å². The number of nitrogens with one attached hydrogen (secondary N) is 1. The Bertz CT molecular complexity index is 599. The molecule has 1 amide bonds. The zero-order chi connectivity index (χ0) is 16.8. The summed E-state index contributed by atoms with van der Waals surface area (Å²) in [6.45, 7) is 5.89. The number of nitrogens with zero attached hydrogens (tertiary/aromatic N) is 1. The van der Waals surface area contributed by atoms with E-state index in [1.54, 1.807) is 24.3 Å². The Morgan fingerprint density at radius 2 is 1.95 bits per heavy atom. The summed E-state index contributed by atoms with van der Waals surface area (Å²) < 4.78 is 30.9. The predicted molar refractivity (Wildman–Crippen MR) is 87.7 cm³/mol. The number of anilines is 1. The van der Waals surface area contributed by atoms with Gasteiger partial charge in [0.05, 0.1) is 18.0 Å². The van der Waals surface area contributed by atoms with Gasteiger partial charge in [0.2, 0.25) is 15.9 Å². The Kier molecular flexibility index (Phi) is 6.67. The number of rotatable bonds is 8. The molecule has 1 rings (SSSR count). The average molecular weight is 328 g/mol. The molecule has 0 fully saturated rings. The van der Waals surface area contributed by atoms with E-state index in [1.807, 2.05) is 20.8 Å². The Labute approximate surface area is 132 Å². The van der Waals surface area contributed by atoms with Crippen LogP contribution in [0.2, 0.25) is 0 Å². The van der Waals surface area contributed by atoms with Crippen molar-refractivity contribution in [3.05, 3.63) is 24.3 Å². The van der Waals surface area contributed by atoms with Crippen LogP contribution in [-0.2, 0) is 14.8 Å². The van der Waals surface area contributed by atoms with E-state index in [0.29, 0.717) is 18.0 Å². The number of carbonyl (C=O) groups excluding carboxylic acids is 1. The molecule has 1 aromatic carbocycles. The van der Waals surface area contributed by atoms with E-state index in [2.05, 4.69) is 5.32 Å². The van der Waals surface area contributed by atoms with Gasteiger partial charge in [0.15, 0.2) is 0 Å². The standard InChI is InChI=1S/C15H24N2O4S/c1-5-10-16-15(18)11-17(22(4,19)20)13-8-6-7-9-14(13)21-12(2)3/h6-9,12H,5,10-11H2,1-4H3,(H,16,18). The fraction of sp³-hybridized carbons (Fsp3) is 0.533. The highest BCUT2D eigenvalue weighted by molar-refractivity contribution is 7.92. The molecule has 0 unspecified atom stereocenters. The van der Waals surface area contributed by atoms with Crippen molar-refractivity contribution in [2.24, 2.45) is 0 Å². The minimum atomic E-state index is -3.60. The van der Waals surface area contributed by atoms with Crippen molar-refractivity contribution in [2.75, 3.05) is 23.7 Å². The summed E-state index contributed by atoms with van der Waals surface area (Å²) >= 11 is 0. The zero-order valence-electron chi connectivity index (χ0n) is 13.5. The molecule has 22 heavy (non-hydrogen) atoms. The Morgan fingerprint density at radius 1 is 1.32 bits per heavy atom. The molecule has 0 aliphatic heterocycles. The van der Waals surface area contributed by atoms with Crippen LogP contribution in [0.3, 0.4) is 0 Å². The third kappa shape index (κ3) is 5.55. The maximum Gasteiger partial charge on any atom is 0.240 e. The van der Waals surface area contributed by atoms with Crippen molar-refractivity contribution in [3.8, 4) is 5.75 Å². The van der Waals surface area contributed by atoms with Gasteiger partial charge >= 0.3 is 0 Å². The summed E-state index contributed by atoms with van der Waals surface area (Å²) in [5.41, 5.74) is 0.366. The maximum absolute atomic E-state index is 12.1. The number of benzene rings is 1. The molecule has 7 heteroatoms. The molecule has 0 radical (unpaired) electrons. The lowest BCUT2D eigenvalue weighted by Gasteiger charge is -2.25. The molecule has 1 N–H and O–H groups in total. The Balaban J connectivity index is 3.11. The summed E-state index contributed by atoms with van der Waals surface area (Å²) in [7, 11) is -3.60. The first-order valence-corrected chi connectivity index (χ1v) is 9.10. The number of amides is 1. The Hall–Kier alpha value is -1.76. The van der Waals surface area contributed by atoms with Crippen LogP contribution in [0.5, 0.6) is 5.75 Å². The van der Waals surface area contributed by atoms with Crippen molar-refractivity contribution in [1.82, 2.24) is 5.32 Å². The van der Waals surface area contributed by atoms with E-state index >= 15 is 0 Å². The Morgan fingerprint density at radius 3 is 2.50 bits per heavy atom. The normalized spacial score (nSPS) is 11.3. The van der Waals surface area contributed by atoms with E-state index in [1.165, 1.54) is 0 Å². The van der Waals surface area contributed by atoms with Gasteiger partial charge in [0.25, 0.3) is 0 Å². The van der Waals surface area contributed by atoms with Gasteiger partial charge in [-0.15, -0.1) is 0 Å². The fourth-order valence-electron chi connectivity index (χ4n) is 1.85. The minimum absolute atomic E-state index is 0.100. The molecular formula is C15H24N2O4S. The van der Waals surface area contributed by atoms with Gasteiger partial charge < -0.3 is 10.1 Å². The highest BCUT2D eigenvalue weighted by atomic mass is 32.2.